The molecule has 1 aliphatic carbocycles. The third kappa shape index (κ3) is 6.39. The van der Waals surface area contributed by atoms with Crippen LogP contribution in [-0.2, 0) is 14.8 Å². The van der Waals surface area contributed by atoms with Crippen LogP contribution in [-0.4, -0.2) is 37.5 Å². The number of carbonyl (C=O) groups is 2. The van der Waals surface area contributed by atoms with E-state index in [2.05, 4.69) is 17.4 Å². The van der Waals surface area contributed by atoms with Gasteiger partial charge in [-0.25, -0.2) is 8.42 Å². The smallest absolute Gasteiger partial charge is 0.243 e. The molecule has 1 saturated carbocycles. The van der Waals surface area contributed by atoms with E-state index in [1.807, 2.05) is 18.2 Å². The molecular weight excluding hydrogens is 460 g/mol. The highest BCUT2D eigenvalue weighted by Crippen LogP contribution is 2.33. The Bertz CT molecular complexity index is 1100. The Kier molecular flexibility index (Phi) is 8.39. The van der Waals surface area contributed by atoms with Crippen molar-refractivity contribution >= 4 is 21.7 Å². The third-order valence-electron chi connectivity index (χ3n) is 7.54. The molecule has 7 heteroatoms. The van der Waals surface area contributed by atoms with Gasteiger partial charge in [-0.15, -0.1) is 0 Å². The molecule has 1 aliphatic heterocycles. The second kappa shape index (κ2) is 11.5. The molecule has 0 bridgehead atoms. The molecule has 2 aromatic rings. The van der Waals surface area contributed by atoms with Crippen molar-refractivity contribution in [3.05, 3.63) is 65.7 Å². The number of nitrogens with zero attached hydrogens (tertiary/aromatic N) is 1. The summed E-state index contributed by atoms with van der Waals surface area (Å²) in [5.41, 5.74) is 1.63. The number of ketones is 1. The molecule has 2 aromatic carbocycles. The molecular formula is C28H36N2O4S. The van der Waals surface area contributed by atoms with Gasteiger partial charge in [-0.2, -0.15) is 4.31 Å². The number of sulfonamides is 1. The average Bonchev–Trinajstić information content (AvgIpc) is 2.89. The van der Waals surface area contributed by atoms with Crippen molar-refractivity contribution in [2.24, 2.45) is 11.8 Å². The molecule has 0 aromatic heterocycles. The Morgan fingerprint density at radius 2 is 1.54 bits per heavy atom. The summed E-state index contributed by atoms with van der Waals surface area (Å²) in [6.07, 6.45) is 8.25. The maximum atomic E-state index is 13.2. The number of rotatable bonds is 8. The van der Waals surface area contributed by atoms with E-state index in [-0.39, 0.29) is 28.5 Å². The van der Waals surface area contributed by atoms with Crippen molar-refractivity contribution in [3.63, 3.8) is 0 Å². The van der Waals surface area contributed by atoms with Gasteiger partial charge in [0.25, 0.3) is 0 Å². The molecule has 4 rings (SSSR count). The van der Waals surface area contributed by atoms with E-state index >= 15 is 0 Å². The Morgan fingerprint density at radius 1 is 0.914 bits per heavy atom. The van der Waals surface area contributed by atoms with E-state index in [1.165, 1.54) is 55.5 Å². The number of hydrogen-bond donors (Lipinski definition) is 1. The zero-order valence-corrected chi connectivity index (χ0v) is 21.3. The first-order valence-corrected chi connectivity index (χ1v) is 14.2. The molecule has 2 aliphatic rings. The van der Waals surface area contributed by atoms with E-state index in [0.29, 0.717) is 37.4 Å². The summed E-state index contributed by atoms with van der Waals surface area (Å²) in [5.74, 6) is 0.366. The highest BCUT2D eigenvalue weighted by atomic mass is 32.2. The number of carbonyl (C=O) groups excluding carboxylic acids is 2. The predicted molar refractivity (Wildman–Crippen MR) is 136 cm³/mol. The van der Waals surface area contributed by atoms with Gasteiger partial charge < -0.3 is 5.32 Å². The van der Waals surface area contributed by atoms with Crippen molar-refractivity contribution in [1.29, 1.82) is 0 Å². The molecule has 1 unspecified atom stereocenters. The van der Waals surface area contributed by atoms with Crippen LogP contribution in [0.3, 0.4) is 0 Å². The fourth-order valence-electron chi connectivity index (χ4n) is 5.38. The van der Waals surface area contributed by atoms with Crippen LogP contribution in [0.15, 0.2) is 59.5 Å². The summed E-state index contributed by atoms with van der Waals surface area (Å²) in [5, 5.41) is 3.31. The molecule has 2 fully saturated rings. The van der Waals surface area contributed by atoms with E-state index in [9.17, 15) is 18.0 Å². The summed E-state index contributed by atoms with van der Waals surface area (Å²) >= 11 is 0. The minimum Gasteiger partial charge on any atom is -0.349 e. The number of nitrogens with one attached hydrogen (secondary N) is 1. The predicted octanol–water partition coefficient (Wildman–Crippen LogP) is 5.12. The molecule has 188 valence electrons. The summed E-state index contributed by atoms with van der Waals surface area (Å²) in [4.78, 5) is 24.9. The van der Waals surface area contributed by atoms with Crippen molar-refractivity contribution in [3.8, 4) is 0 Å². The zero-order valence-electron chi connectivity index (χ0n) is 20.5. The van der Waals surface area contributed by atoms with Gasteiger partial charge in [-0.3, -0.25) is 9.59 Å². The van der Waals surface area contributed by atoms with Crippen LogP contribution in [0.4, 0.5) is 0 Å². The van der Waals surface area contributed by atoms with Crippen LogP contribution < -0.4 is 5.32 Å². The fourth-order valence-corrected chi connectivity index (χ4v) is 6.85. The molecule has 1 heterocycles. The normalized spacial score (nSPS) is 19.2. The molecule has 6 nitrogen and oxygen atoms in total. The topological polar surface area (TPSA) is 83.6 Å². The van der Waals surface area contributed by atoms with Gasteiger partial charge in [0.15, 0.2) is 5.78 Å². The Morgan fingerprint density at radius 3 is 2.14 bits per heavy atom. The summed E-state index contributed by atoms with van der Waals surface area (Å²) in [6.45, 7) is 2.08. The Balaban J connectivity index is 1.37. The lowest BCUT2D eigenvalue weighted by atomic mass is 9.83. The van der Waals surface area contributed by atoms with Gasteiger partial charge in [0.05, 0.1) is 10.9 Å². The van der Waals surface area contributed by atoms with E-state index in [4.69, 9.17) is 0 Å². The maximum absolute atomic E-state index is 13.2. The van der Waals surface area contributed by atoms with E-state index < -0.39 is 10.0 Å². The standard InChI is InChI=1S/C28H36N2O4S/c1-21(31)23-12-14-26(15-13-23)35(33,34)30-18-16-25(17-19-30)28(32)29-27(24-10-6-3-7-11-24)20-22-8-4-2-5-9-22/h3,6-7,10-15,22,25,27H,2,4-5,8-9,16-20H2,1H3,(H,29,32). The quantitative estimate of drug-likeness (QED) is 0.514. The first kappa shape index (κ1) is 25.6. The van der Waals surface area contributed by atoms with Crippen LogP contribution in [0.5, 0.6) is 0 Å². The van der Waals surface area contributed by atoms with Gasteiger partial charge in [0.1, 0.15) is 0 Å². The third-order valence-corrected chi connectivity index (χ3v) is 9.45. The molecule has 1 atom stereocenters. The lowest BCUT2D eigenvalue weighted by Crippen LogP contribution is -2.43. The van der Waals surface area contributed by atoms with Gasteiger partial charge in [-0.05, 0) is 49.8 Å². The van der Waals surface area contributed by atoms with Gasteiger partial charge >= 0.3 is 0 Å². The summed E-state index contributed by atoms with van der Waals surface area (Å²) in [7, 11) is -3.65. The minimum absolute atomic E-state index is 0.00615. The molecule has 0 radical (unpaired) electrons. The van der Waals surface area contributed by atoms with Crippen LogP contribution in [0, 0.1) is 11.8 Å². The van der Waals surface area contributed by atoms with Gasteiger partial charge in [0.2, 0.25) is 15.9 Å². The second-order valence-corrected chi connectivity index (χ2v) is 11.9. The van der Waals surface area contributed by atoms with Crippen molar-refractivity contribution in [2.75, 3.05) is 13.1 Å². The van der Waals surface area contributed by atoms with Gasteiger partial charge in [0, 0.05) is 24.6 Å². The van der Waals surface area contributed by atoms with Crippen molar-refractivity contribution in [1.82, 2.24) is 9.62 Å². The number of hydrogen-bond acceptors (Lipinski definition) is 4. The van der Waals surface area contributed by atoms with Crippen LogP contribution in [0.2, 0.25) is 0 Å². The molecule has 0 spiro atoms. The first-order valence-electron chi connectivity index (χ1n) is 12.8. The van der Waals surface area contributed by atoms with E-state index in [1.54, 1.807) is 12.1 Å². The lowest BCUT2D eigenvalue weighted by molar-refractivity contribution is -0.127. The fraction of sp³-hybridized carbons (Fsp3) is 0.500. The Labute approximate surface area is 209 Å². The molecule has 1 N–H and O–H groups in total. The van der Waals surface area contributed by atoms with Gasteiger partial charge in [-0.1, -0.05) is 74.6 Å². The molecule has 35 heavy (non-hydrogen) atoms. The minimum atomic E-state index is -3.65. The van der Waals surface area contributed by atoms with Crippen molar-refractivity contribution in [2.45, 2.75) is 69.2 Å². The largest absolute Gasteiger partial charge is 0.349 e. The number of amides is 1. The van der Waals surface area contributed by atoms with Crippen LogP contribution in [0.25, 0.3) is 0 Å². The SMILES string of the molecule is CC(=O)c1ccc(S(=O)(=O)N2CCC(C(=O)NC(CC3CCCCC3)c3ccccc3)CC2)cc1. The van der Waals surface area contributed by atoms with Crippen molar-refractivity contribution < 1.29 is 18.0 Å². The second-order valence-electron chi connectivity index (χ2n) is 9.97. The highest BCUT2D eigenvalue weighted by Gasteiger charge is 2.33. The summed E-state index contributed by atoms with van der Waals surface area (Å²) < 4.78 is 27.6. The average molecular weight is 497 g/mol. The number of benzene rings is 2. The maximum Gasteiger partial charge on any atom is 0.243 e. The summed E-state index contributed by atoms with van der Waals surface area (Å²) in [6, 6.07) is 16.3. The lowest BCUT2D eigenvalue weighted by Gasteiger charge is -2.32. The molecule has 1 amide bonds. The monoisotopic (exact) mass is 496 g/mol. The number of Topliss-reactive ketones (excluding diaryl/α,β-unsaturated/α-hetero) is 1. The van der Waals surface area contributed by atoms with E-state index in [0.717, 1.165) is 12.0 Å². The van der Waals surface area contributed by atoms with Crippen LogP contribution in [0.1, 0.15) is 80.3 Å². The zero-order chi connectivity index (χ0) is 24.8. The Hall–Kier alpha value is -2.51. The highest BCUT2D eigenvalue weighted by molar-refractivity contribution is 7.89. The van der Waals surface area contributed by atoms with Crippen LogP contribution >= 0.6 is 0 Å². The number of piperidine rings is 1. The first-order chi connectivity index (χ1) is 16.8. The molecule has 1 saturated heterocycles.